The van der Waals surface area contributed by atoms with Crippen LogP contribution in [0, 0.1) is 5.82 Å². The first-order valence-corrected chi connectivity index (χ1v) is 8.56. The van der Waals surface area contributed by atoms with E-state index >= 15 is 0 Å². The van der Waals surface area contributed by atoms with E-state index in [2.05, 4.69) is 4.72 Å². The summed E-state index contributed by atoms with van der Waals surface area (Å²) in [5.74, 6) is -0.631. The number of benzene rings is 1. The fraction of sp³-hybridized carbons (Fsp3) is 0.571. The third-order valence-corrected chi connectivity index (χ3v) is 4.99. The van der Waals surface area contributed by atoms with Crippen molar-refractivity contribution in [1.82, 2.24) is 4.72 Å². The molecule has 1 aromatic carbocycles. The van der Waals surface area contributed by atoms with Gasteiger partial charge in [-0.1, -0.05) is 0 Å². The summed E-state index contributed by atoms with van der Waals surface area (Å²) < 4.78 is 56.4. The molecule has 2 rings (SSSR count). The Bertz CT molecular complexity index is 630. The molecule has 1 aromatic rings. The van der Waals surface area contributed by atoms with E-state index in [0.29, 0.717) is 13.0 Å². The van der Waals surface area contributed by atoms with Crippen molar-refractivity contribution >= 4 is 10.0 Å². The molecule has 1 unspecified atom stereocenters. The number of halogens is 1. The van der Waals surface area contributed by atoms with Gasteiger partial charge in [-0.25, -0.2) is 17.5 Å². The largest absolute Gasteiger partial charge is 0.495 e. The van der Waals surface area contributed by atoms with Crippen LogP contribution in [0.4, 0.5) is 4.39 Å². The normalized spacial score (nSPS) is 21.5. The summed E-state index contributed by atoms with van der Waals surface area (Å²) in [5.41, 5.74) is -0.837. The average molecular weight is 349 g/mol. The van der Waals surface area contributed by atoms with Gasteiger partial charge in [0, 0.05) is 19.6 Å². The highest BCUT2D eigenvalue weighted by Crippen LogP contribution is 2.26. The molecule has 1 saturated heterocycles. The third-order valence-electron chi connectivity index (χ3n) is 3.57. The smallest absolute Gasteiger partial charge is 0.244 e. The van der Waals surface area contributed by atoms with E-state index in [0.717, 1.165) is 12.1 Å². The molecule has 1 heterocycles. The van der Waals surface area contributed by atoms with E-state index in [-0.39, 0.29) is 37.0 Å². The van der Waals surface area contributed by atoms with E-state index in [4.69, 9.17) is 19.3 Å². The molecule has 1 atom stereocenters. The Balaban J connectivity index is 2.16. The standard InChI is InChI=1S/C14H20FNO6S/c1-20-12-3-2-11(15)8-13(12)23(18,19)16-9-14(22-7-5-17)4-6-21-10-14/h2-3,8,16-17H,4-7,9-10H2,1H3. The number of aliphatic hydroxyl groups is 1. The zero-order valence-corrected chi connectivity index (χ0v) is 13.6. The Morgan fingerprint density at radius 1 is 1.48 bits per heavy atom. The molecule has 23 heavy (non-hydrogen) atoms. The molecule has 2 N–H and O–H groups in total. The molecule has 0 aliphatic carbocycles. The predicted molar refractivity (Wildman–Crippen MR) is 79.3 cm³/mol. The molecular formula is C14H20FNO6S. The number of rotatable bonds is 8. The molecule has 7 nitrogen and oxygen atoms in total. The lowest BCUT2D eigenvalue weighted by Crippen LogP contribution is -2.46. The number of methoxy groups -OCH3 is 1. The molecule has 0 saturated carbocycles. The maximum atomic E-state index is 13.4. The van der Waals surface area contributed by atoms with E-state index in [1.165, 1.54) is 13.2 Å². The molecule has 0 aromatic heterocycles. The van der Waals surface area contributed by atoms with Gasteiger partial charge in [0.05, 0.1) is 26.9 Å². The summed E-state index contributed by atoms with van der Waals surface area (Å²) in [5, 5.41) is 8.88. The lowest BCUT2D eigenvalue weighted by molar-refractivity contribution is -0.0566. The second-order valence-corrected chi connectivity index (χ2v) is 6.91. The lowest BCUT2D eigenvalue weighted by Gasteiger charge is -2.27. The Kier molecular flexibility index (Phi) is 5.93. The van der Waals surface area contributed by atoms with Crippen molar-refractivity contribution in [2.45, 2.75) is 16.9 Å². The highest BCUT2D eigenvalue weighted by molar-refractivity contribution is 7.89. The minimum absolute atomic E-state index is 0.0466. The number of aliphatic hydroxyl groups excluding tert-OH is 1. The summed E-state index contributed by atoms with van der Waals surface area (Å²) in [4.78, 5) is -0.281. The molecule has 130 valence electrons. The Morgan fingerprint density at radius 2 is 2.26 bits per heavy atom. The molecule has 9 heteroatoms. The van der Waals surface area contributed by atoms with Gasteiger partial charge in [0.2, 0.25) is 10.0 Å². The van der Waals surface area contributed by atoms with Gasteiger partial charge in [0.1, 0.15) is 22.1 Å². The number of sulfonamides is 1. The zero-order valence-electron chi connectivity index (χ0n) is 12.7. The first kappa shape index (κ1) is 18.1. The van der Waals surface area contributed by atoms with Gasteiger partial charge in [-0.2, -0.15) is 0 Å². The van der Waals surface area contributed by atoms with Crippen molar-refractivity contribution in [3.8, 4) is 5.75 Å². The van der Waals surface area contributed by atoms with E-state index in [1.807, 2.05) is 0 Å². The highest BCUT2D eigenvalue weighted by Gasteiger charge is 2.37. The second-order valence-electron chi connectivity index (χ2n) is 5.18. The van der Waals surface area contributed by atoms with Crippen molar-refractivity contribution < 1.29 is 32.1 Å². The molecule has 0 spiro atoms. The molecule has 0 amide bonds. The van der Waals surface area contributed by atoms with Gasteiger partial charge < -0.3 is 19.3 Å². The first-order valence-electron chi connectivity index (χ1n) is 7.08. The van der Waals surface area contributed by atoms with Gasteiger partial charge in [0.15, 0.2) is 0 Å². The zero-order chi connectivity index (χ0) is 16.9. The Labute approximate surface area is 134 Å². The molecule has 0 bridgehead atoms. The van der Waals surface area contributed by atoms with Crippen LogP contribution >= 0.6 is 0 Å². The van der Waals surface area contributed by atoms with Gasteiger partial charge >= 0.3 is 0 Å². The minimum Gasteiger partial charge on any atom is -0.495 e. The monoisotopic (exact) mass is 349 g/mol. The van der Waals surface area contributed by atoms with Crippen LogP contribution in [0.5, 0.6) is 5.75 Å². The number of hydrogen-bond donors (Lipinski definition) is 2. The van der Waals surface area contributed by atoms with Crippen LogP contribution in [0.1, 0.15) is 6.42 Å². The van der Waals surface area contributed by atoms with Gasteiger partial charge in [0.25, 0.3) is 0 Å². The van der Waals surface area contributed by atoms with Crippen LogP contribution in [-0.4, -0.2) is 59.2 Å². The van der Waals surface area contributed by atoms with Crippen LogP contribution in [0.2, 0.25) is 0 Å². The second kappa shape index (κ2) is 7.54. The summed E-state index contributed by atoms with van der Waals surface area (Å²) in [6, 6.07) is 3.27. The van der Waals surface area contributed by atoms with E-state index < -0.39 is 21.4 Å². The summed E-state index contributed by atoms with van der Waals surface area (Å²) in [7, 11) is -2.68. The summed E-state index contributed by atoms with van der Waals surface area (Å²) >= 11 is 0. The number of hydrogen-bond acceptors (Lipinski definition) is 6. The lowest BCUT2D eigenvalue weighted by atomic mass is 10.0. The van der Waals surface area contributed by atoms with Crippen molar-refractivity contribution in [3.63, 3.8) is 0 Å². The van der Waals surface area contributed by atoms with Gasteiger partial charge in [-0.3, -0.25) is 0 Å². The number of ether oxygens (including phenoxy) is 3. The van der Waals surface area contributed by atoms with Crippen LogP contribution in [0.25, 0.3) is 0 Å². The minimum atomic E-state index is -3.99. The SMILES string of the molecule is COc1ccc(F)cc1S(=O)(=O)NCC1(OCCO)CCOC1. The third kappa shape index (κ3) is 4.39. The molecule has 0 radical (unpaired) electrons. The topological polar surface area (TPSA) is 94.1 Å². The fourth-order valence-corrected chi connectivity index (χ4v) is 3.61. The Morgan fingerprint density at radius 3 is 2.87 bits per heavy atom. The summed E-state index contributed by atoms with van der Waals surface area (Å²) in [6.07, 6.45) is 0.496. The van der Waals surface area contributed by atoms with E-state index in [9.17, 15) is 12.8 Å². The fourth-order valence-electron chi connectivity index (χ4n) is 2.32. The van der Waals surface area contributed by atoms with E-state index in [1.54, 1.807) is 0 Å². The van der Waals surface area contributed by atoms with Crippen LogP contribution in [0.3, 0.4) is 0 Å². The van der Waals surface area contributed by atoms with Gasteiger partial charge in [-0.05, 0) is 18.2 Å². The quantitative estimate of drug-likeness (QED) is 0.700. The molecular weight excluding hydrogens is 329 g/mol. The molecule has 1 fully saturated rings. The van der Waals surface area contributed by atoms with Crippen LogP contribution in [-0.2, 0) is 19.5 Å². The maximum Gasteiger partial charge on any atom is 0.244 e. The van der Waals surface area contributed by atoms with Crippen LogP contribution in [0.15, 0.2) is 23.1 Å². The maximum absolute atomic E-state index is 13.4. The average Bonchev–Trinajstić information content (AvgIpc) is 3.00. The first-order chi connectivity index (χ1) is 10.9. The van der Waals surface area contributed by atoms with Crippen LogP contribution < -0.4 is 9.46 Å². The highest BCUT2D eigenvalue weighted by atomic mass is 32.2. The Hall–Kier alpha value is -1.26. The van der Waals surface area contributed by atoms with Crippen molar-refractivity contribution in [1.29, 1.82) is 0 Å². The van der Waals surface area contributed by atoms with Crippen molar-refractivity contribution in [3.05, 3.63) is 24.0 Å². The predicted octanol–water partition coefficient (Wildman–Crippen LogP) is 0.281. The molecule has 1 aliphatic heterocycles. The number of nitrogens with one attached hydrogen (secondary N) is 1. The van der Waals surface area contributed by atoms with Crippen molar-refractivity contribution in [2.24, 2.45) is 0 Å². The molecule has 1 aliphatic rings. The summed E-state index contributed by atoms with van der Waals surface area (Å²) in [6.45, 7) is 0.516. The van der Waals surface area contributed by atoms with Gasteiger partial charge in [-0.15, -0.1) is 0 Å². The van der Waals surface area contributed by atoms with Crippen molar-refractivity contribution in [2.75, 3.05) is 40.1 Å².